The van der Waals surface area contributed by atoms with Gasteiger partial charge in [0.15, 0.2) is 0 Å². The maximum Gasteiger partial charge on any atom is 0.371 e. The van der Waals surface area contributed by atoms with Gasteiger partial charge < -0.3 is 23.2 Å². The van der Waals surface area contributed by atoms with Gasteiger partial charge in [-0.2, -0.15) is 0 Å². The van der Waals surface area contributed by atoms with E-state index in [9.17, 15) is 4.79 Å². The van der Waals surface area contributed by atoms with Gasteiger partial charge in [0.05, 0.1) is 31.9 Å². The molecule has 0 fully saturated rings. The number of rotatable bonds is 5. The molecular weight excluding hydrogens is 322 g/mol. The van der Waals surface area contributed by atoms with Crippen LogP contribution in [-0.4, -0.2) is 22.8 Å². The predicted molar refractivity (Wildman–Crippen MR) is 91.0 cm³/mol. The number of hydrogen-bond donors (Lipinski definition) is 1. The van der Waals surface area contributed by atoms with Crippen molar-refractivity contribution in [2.75, 3.05) is 7.11 Å². The Balaban J connectivity index is 1.84. The van der Waals surface area contributed by atoms with E-state index in [1.54, 1.807) is 25.7 Å². The summed E-state index contributed by atoms with van der Waals surface area (Å²) in [5.74, 6) is 0.186. The predicted octanol–water partition coefficient (Wildman–Crippen LogP) is 4.25. The second-order valence-corrected chi connectivity index (χ2v) is 5.62. The fourth-order valence-corrected chi connectivity index (χ4v) is 2.93. The molecule has 4 aromatic rings. The molecule has 0 saturated heterocycles. The van der Waals surface area contributed by atoms with Crippen molar-refractivity contribution in [2.24, 2.45) is 0 Å². The Morgan fingerprint density at radius 3 is 2.76 bits per heavy atom. The van der Waals surface area contributed by atoms with Gasteiger partial charge in [-0.05, 0) is 42.5 Å². The van der Waals surface area contributed by atoms with Crippen LogP contribution in [0.25, 0.3) is 22.2 Å². The van der Waals surface area contributed by atoms with E-state index >= 15 is 0 Å². The number of ether oxygens (including phenoxy) is 1. The highest BCUT2D eigenvalue weighted by Gasteiger charge is 2.15. The molecule has 0 bridgehead atoms. The molecule has 0 amide bonds. The van der Waals surface area contributed by atoms with Gasteiger partial charge in [-0.1, -0.05) is 0 Å². The zero-order valence-corrected chi connectivity index (χ0v) is 13.4. The molecule has 0 aliphatic rings. The smallest absolute Gasteiger partial charge is 0.371 e. The molecule has 4 rings (SSSR count). The highest BCUT2D eigenvalue weighted by Crippen LogP contribution is 2.31. The van der Waals surface area contributed by atoms with Gasteiger partial charge in [-0.15, -0.1) is 0 Å². The molecule has 3 aromatic heterocycles. The van der Waals surface area contributed by atoms with Crippen molar-refractivity contribution >= 4 is 16.9 Å². The lowest BCUT2D eigenvalue weighted by atomic mass is 10.2. The molecule has 126 valence electrons. The maximum absolute atomic E-state index is 11.0. The number of methoxy groups -OCH3 is 1. The maximum atomic E-state index is 11.0. The van der Waals surface area contributed by atoms with E-state index in [2.05, 4.69) is 4.57 Å². The molecule has 0 aliphatic carbocycles. The zero-order valence-electron chi connectivity index (χ0n) is 13.4. The van der Waals surface area contributed by atoms with Gasteiger partial charge in [-0.25, -0.2) is 4.79 Å². The van der Waals surface area contributed by atoms with E-state index in [1.807, 2.05) is 30.3 Å². The van der Waals surface area contributed by atoms with E-state index in [0.717, 1.165) is 27.9 Å². The summed E-state index contributed by atoms with van der Waals surface area (Å²) in [7, 11) is 1.63. The van der Waals surface area contributed by atoms with Crippen LogP contribution in [0.1, 0.15) is 16.3 Å². The summed E-state index contributed by atoms with van der Waals surface area (Å²) >= 11 is 0. The van der Waals surface area contributed by atoms with Crippen LogP contribution >= 0.6 is 0 Å². The number of carboxylic acid groups (broad SMARTS) is 1. The first-order chi connectivity index (χ1) is 12.2. The standard InChI is InChI=1S/C19H15NO5/c1-23-14-2-4-16-13(8-14)9-17(12-6-7-24-11-12)20(16)10-15-3-5-18(25-15)19(21)22/h2-9,11H,10H2,1H3,(H,21,22). The number of furan rings is 2. The third-order valence-electron chi connectivity index (χ3n) is 4.11. The lowest BCUT2D eigenvalue weighted by Gasteiger charge is -2.08. The van der Waals surface area contributed by atoms with E-state index < -0.39 is 5.97 Å². The third-order valence-corrected chi connectivity index (χ3v) is 4.11. The van der Waals surface area contributed by atoms with Gasteiger partial charge in [0.1, 0.15) is 11.5 Å². The van der Waals surface area contributed by atoms with Crippen LogP contribution < -0.4 is 4.74 Å². The van der Waals surface area contributed by atoms with Gasteiger partial charge in [0.25, 0.3) is 0 Å². The summed E-state index contributed by atoms with van der Waals surface area (Å²) in [4.78, 5) is 11.0. The molecular formula is C19H15NO5. The van der Waals surface area contributed by atoms with E-state index in [4.69, 9.17) is 18.7 Å². The Bertz CT molecular complexity index is 1040. The summed E-state index contributed by atoms with van der Waals surface area (Å²) in [5, 5.41) is 10.0. The summed E-state index contributed by atoms with van der Waals surface area (Å²) in [5.41, 5.74) is 2.87. The molecule has 0 radical (unpaired) electrons. The minimum atomic E-state index is -1.08. The zero-order chi connectivity index (χ0) is 17.4. The molecule has 0 atom stereocenters. The fraction of sp³-hybridized carbons (Fsp3) is 0.105. The van der Waals surface area contributed by atoms with Crippen molar-refractivity contribution in [1.29, 1.82) is 0 Å². The van der Waals surface area contributed by atoms with E-state index in [-0.39, 0.29) is 5.76 Å². The average Bonchev–Trinajstić information content (AvgIpc) is 3.34. The number of aromatic nitrogens is 1. The van der Waals surface area contributed by atoms with Crippen LogP contribution in [0.15, 0.2) is 63.8 Å². The summed E-state index contributed by atoms with van der Waals surface area (Å²) < 4.78 is 18.0. The molecule has 0 aliphatic heterocycles. The monoisotopic (exact) mass is 337 g/mol. The highest BCUT2D eigenvalue weighted by atomic mass is 16.5. The quantitative estimate of drug-likeness (QED) is 0.589. The van der Waals surface area contributed by atoms with Crippen molar-refractivity contribution in [2.45, 2.75) is 6.54 Å². The summed E-state index contributed by atoms with van der Waals surface area (Å²) in [6, 6.07) is 12.9. The molecule has 25 heavy (non-hydrogen) atoms. The first-order valence-corrected chi connectivity index (χ1v) is 7.67. The number of hydrogen-bond acceptors (Lipinski definition) is 4. The minimum Gasteiger partial charge on any atom is -0.497 e. The van der Waals surface area contributed by atoms with Gasteiger partial charge in [0, 0.05) is 16.5 Å². The topological polar surface area (TPSA) is 77.7 Å². The summed E-state index contributed by atoms with van der Waals surface area (Å²) in [6.45, 7) is 0.406. The Hall–Kier alpha value is -3.41. The molecule has 0 spiro atoms. The number of benzene rings is 1. The molecule has 0 unspecified atom stereocenters. The lowest BCUT2D eigenvalue weighted by molar-refractivity contribution is 0.0660. The van der Waals surface area contributed by atoms with Crippen LogP contribution in [0.4, 0.5) is 0 Å². The third kappa shape index (κ3) is 2.67. The lowest BCUT2D eigenvalue weighted by Crippen LogP contribution is -2.00. The first kappa shape index (κ1) is 15.1. The van der Waals surface area contributed by atoms with Gasteiger partial charge in [0.2, 0.25) is 5.76 Å². The van der Waals surface area contributed by atoms with Crippen LogP contribution in [0, 0.1) is 0 Å². The molecule has 0 saturated carbocycles. The molecule has 6 heteroatoms. The SMILES string of the molecule is COc1ccc2c(c1)cc(-c1ccoc1)n2Cc1ccc(C(=O)O)o1. The molecule has 1 N–H and O–H groups in total. The van der Waals surface area contributed by atoms with Crippen molar-refractivity contribution in [3.05, 3.63) is 66.5 Å². The second-order valence-electron chi connectivity index (χ2n) is 5.62. The molecule has 6 nitrogen and oxygen atoms in total. The van der Waals surface area contributed by atoms with Crippen molar-refractivity contribution in [1.82, 2.24) is 4.57 Å². The highest BCUT2D eigenvalue weighted by molar-refractivity contribution is 5.88. The van der Waals surface area contributed by atoms with Crippen molar-refractivity contribution in [3.63, 3.8) is 0 Å². The van der Waals surface area contributed by atoms with Crippen LogP contribution in [0.3, 0.4) is 0 Å². The molecule has 3 heterocycles. The van der Waals surface area contributed by atoms with Crippen LogP contribution in [0.2, 0.25) is 0 Å². The van der Waals surface area contributed by atoms with Crippen LogP contribution in [-0.2, 0) is 6.54 Å². The summed E-state index contributed by atoms with van der Waals surface area (Å²) in [6.07, 6.45) is 3.29. The fourth-order valence-electron chi connectivity index (χ4n) is 2.93. The Morgan fingerprint density at radius 2 is 2.08 bits per heavy atom. The first-order valence-electron chi connectivity index (χ1n) is 7.67. The Labute approximate surface area is 142 Å². The van der Waals surface area contributed by atoms with Gasteiger partial charge in [-0.3, -0.25) is 0 Å². The van der Waals surface area contributed by atoms with E-state index in [0.29, 0.717) is 12.3 Å². The molecule has 1 aromatic carbocycles. The van der Waals surface area contributed by atoms with E-state index in [1.165, 1.54) is 6.07 Å². The van der Waals surface area contributed by atoms with Crippen LogP contribution in [0.5, 0.6) is 5.75 Å². The Morgan fingerprint density at radius 1 is 1.20 bits per heavy atom. The van der Waals surface area contributed by atoms with Crippen molar-refractivity contribution in [3.8, 4) is 17.0 Å². The van der Waals surface area contributed by atoms with Crippen molar-refractivity contribution < 1.29 is 23.5 Å². The number of nitrogens with zero attached hydrogens (tertiary/aromatic N) is 1. The largest absolute Gasteiger partial charge is 0.497 e. The second kappa shape index (κ2) is 5.90. The number of carbonyl (C=O) groups is 1. The Kier molecular flexibility index (Phi) is 3.57. The minimum absolute atomic E-state index is 0.0713. The normalized spacial score (nSPS) is 11.1. The average molecular weight is 337 g/mol. The number of aromatic carboxylic acids is 1. The number of carboxylic acids is 1. The number of fused-ring (bicyclic) bond motifs is 1. The van der Waals surface area contributed by atoms with Gasteiger partial charge >= 0.3 is 5.97 Å².